The van der Waals surface area contributed by atoms with Crippen molar-refractivity contribution in [1.82, 2.24) is 20.2 Å². The summed E-state index contributed by atoms with van der Waals surface area (Å²) >= 11 is 0. The molecule has 1 aromatic carbocycles. The molecule has 0 amide bonds. The lowest BCUT2D eigenvalue weighted by Crippen LogP contribution is -1.98. The molecule has 0 N–H and O–H groups in total. The Morgan fingerprint density at radius 3 is 2.79 bits per heavy atom. The van der Waals surface area contributed by atoms with Gasteiger partial charge in [-0.1, -0.05) is 24.1 Å². The standard InChI is InChI=1S/C10H8N4/c1-2-6-10-11-13-14(12-10)9-7-4-3-5-8-9/h1,3-5,7-8H,6H2. The van der Waals surface area contributed by atoms with Gasteiger partial charge in [0.05, 0.1) is 12.1 Å². The number of hydrogen-bond acceptors (Lipinski definition) is 3. The minimum absolute atomic E-state index is 0.410. The fraction of sp³-hybridized carbons (Fsp3) is 0.100. The van der Waals surface area contributed by atoms with Gasteiger partial charge in [0.2, 0.25) is 0 Å². The number of benzene rings is 1. The average molecular weight is 184 g/mol. The molecule has 0 fully saturated rings. The van der Waals surface area contributed by atoms with E-state index in [2.05, 4.69) is 21.3 Å². The first-order valence-corrected chi connectivity index (χ1v) is 4.18. The van der Waals surface area contributed by atoms with Crippen LogP contribution in [0.25, 0.3) is 5.69 Å². The van der Waals surface area contributed by atoms with Crippen molar-refractivity contribution < 1.29 is 0 Å². The number of para-hydroxylation sites is 1. The van der Waals surface area contributed by atoms with E-state index >= 15 is 0 Å². The van der Waals surface area contributed by atoms with Crippen LogP contribution in [0.1, 0.15) is 5.82 Å². The molecule has 14 heavy (non-hydrogen) atoms. The van der Waals surface area contributed by atoms with Gasteiger partial charge in [-0.2, -0.15) is 0 Å². The Morgan fingerprint density at radius 2 is 2.07 bits per heavy atom. The molecule has 1 aromatic heterocycles. The zero-order valence-electron chi connectivity index (χ0n) is 7.46. The number of hydrogen-bond donors (Lipinski definition) is 0. The van der Waals surface area contributed by atoms with E-state index in [1.807, 2.05) is 30.3 Å². The maximum atomic E-state index is 5.14. The lowest BCUT2D eigenvalue weighted by Gasteiger charge is -1.94. The second-order valence-corrected chi connectivity index (χ2v) is 2.71. The zero-order valence-corrected chi connectivity index (χ0v) is 7.46. The molecule has 0 spiro atoms. The second-order valence-electron chi connectivity index (χ2n) is 2.71. The predicted octanol–water partition coefficient (Wildman–Crippen LogP) is 0.838. The lowest BCUT2D eigenvalue weighted by atomic mass is 10.3. The summed E-state index contributed by atoms with van der Waals surface area (Å²) in [5.41, 5.74) is 0.878. The summed E-state index contributed by atoms with van der Waals surface area (Å²) in [5, 5.41) is 11.8. The number of rotatable bonds is 2. The van der Waals surface area contributed by atoms with E-state index in [1.165, 1.54) is 4.80 Å². The first-order valence-electron chi connectivity index (χ1n) is 4.18. The molecule has 0 saturated heterocycles. The minimum atomic E-state index is 0.410. The highest BCUT2D eigenvalue weighted by atomic mass is 15.6. The van der Waals surface area contributed by atoms with Crippen molar-refractivity contribution in [2.24, 2.45) is 0 Å². The Morgan fingerprint density at radius 1 is 1.29 bits per heavy atom. The largest absolute Gasteiger partial charge is 0.187 e. The summed E-state index contributed by atoms with van der Waals surface area (Å²) in [6.07, 6.45) is 5.55. The van der Waals surface area contributed by atoms with Crippen LogP contribution in [0, 0.1) is 12.3 Å². The summed E-state index contributed by atoms with van der Waals surface area (Å²) in [6.45, 7) is 0. The van der Waals surface area contributed by atoms with Gasteiger partial charge < -0.3 is 0 Å². The molecule has 0 saturated carbocycles. The number of aromatic nitrogens is 4. The van der Waals surface area contributed by atoms with Crippen LogP contribution < -0.4 is 0 Å². The highest BCUT2D eigenvalue weighted by Gasteiger charge is 2.01. The first-order chi connectivity index (χ1) is 6.90. The first kappa shape index (κ1) is 8.45. The third-order valence-corrected chi connectivity index (χ3v) is 1.70. The fourth-order valence-electron chi connectivity index (χ4n) is 1.08. The van der Waals surface area contributed by atoms with Gasteiger partial charge in [-0.15, -0.1) is 21.4 Å². The van der Waals surface area contributed by atoms with Crippen LogP contribution in [0.15, 0.2) is 30.3 Å². The Balaban J connectivity index is 2.31. The van der Waals surface area contributed by atoms with Crippen LogP contribution >= 0.6 is 0 Å². The number of tetrazole rings is 1. The topological polar surface area (TPSA) is 43.6 Å². The van der Waals surface area contributed by atoms with Crippen molar-refractivity contribution in [3.05, 3.63) is 36.2 Å². The quantitative estimate of drug-likeness (QED) is 0.649. The van der Waals surface area contributed by atoms with Crippen molar-refractivity contribution >= 4 is 0 Å². The zero-order chi connectivity index (χ0) is 9.80. The van der Waals surface area contributed by atoms with Crippen molar-refractivity contribution in [2.45, 2.75) is 6.42 Å². The van der Waals surface area contributed by atoms with E-state index < -0.39 is 0 Å². The van der Waals surface area contributed by atoms with Gasteiger partial charge in [0.25, 0.3) is 0 Å². The summed E-state index contributed by atoms with van der Waals surface area (Å²) in [7, 11) is 0. The van der Waals surface area contributed by atoms with Crippen LogP contribution in [0.5, 0.6) is 0 Å². The van der Waals surface area contributed by atoms with Crippen LogP contribution in [0.4, 0.5) is 0 Å². The second kappa shape index (κ2) is 3.71. The number of nitrogens with zero attached hydrogens (tertiary/aromatic N) is 4. The molecule has 0 bridgehead atoms. The molecule has 68 valence electrons. The molecule has 0 atom stereocenters. The molecule has 0 aliphatic heterocycles. The lowest BCUT2D eigenvalue weighted by molar-refractivity contribution is 0.718. The molecule has 0 aliphatic rings. The minimum Gasteiger partial charge on any atom is -0.131 e. The fourth-order valence-corrected chi connectivity index (χ4v) is 1.08. The molecule has 4 nitrogen and oxygen atoms in total. The molecule has 0 unspecified atom stereocenters. The smallest absolute Gasteiger partial charge is 0.131 e. The Kier molecular flexibility index (Phi) is 2.24. The van der Waals surface area contributed by atoms with Crippen molar-refractivity contribution in [3.8, 4) is 18.0 Å². The Hall–Kier alpha value is -2.15. The van der Waals surface area contributed by atoms with E-state index in [1.54, 1.807) is 0 Å². The predicted molar refractivity (Wildman–Crippen MR) is 51.7 cm³/mol. The van der Waals surface area contributed by atoms with Gasteiger partial charge >= 0.3 is 0 Å². The normalized spacial score (nSPS) is 9.64. The molecular weight excluding hydrogens is 176 g/mol. The number of terminal acetylenes is 1. The van der Waals surface area contributed by atoms with Crippen LogP contribution in [-0.2, 0) is 6.42 Å². The third kappa shape index (κ3) is 1.62. The van der Waals surface area contributed by atoms with Crippen LogP contribution in [0.2, 0.25) is 0 Å². The molecule has 0 radical (unpaired) electrons. The van der Waals surface area contributed by atoms with Gasteiger partial charge in [-0.05, 0) is 17.3 Å². The molecule has 4 heteroatoms. The van der Waals surface area contributed by atoms with Crippen LogP contribution in [-0.4, -0.2) is 20.2 Å². The van der Waals surface area contributed by atoms with Gasteiger partial charge in [0.15, 0.2) is 5.82 Å². The van der Waals surface area contributed by atoms with E-state index in [4.69, 9.17) is 6.42 Å². The Labute approximate surface area is 81.6 Å². The van der Waals surface area contributed by atoms with E-state index in [0.29, 0.717) is 12.2 Å². The van der Waals surface area contributed by atoms with Gasteiger partial charge in [-0.25, -0.2) is 0 Å². The van der Waals surface area contributed by atoms with Gasteiger partial charge in [0.1, 0.15) is 0 Å². The van der Waals surface area contributed by atoms with E-state index in [-0.39, 0.29) is 0 Å². The van der Waals surface area contributed by atoms with E-state index in [9.17, 15) is 0 Å². The molecule has 0 aliphatic carbocycles. The van der Waals surface area contributed by atoms with Gasteiger partial charge in [-0.3, -0.25) is 0 Å². The average Bonchev–Trinajstić information content (AvgIpc) is 2.68. The SMILES string of the molecule is C#CCc1nnn(-c2ccccc2)n1. The van der Waals surface area contributed by atoms with E-state index in [0.717, 1.165) is 5.69 Å². The maximum absolute atomic E-state index is 5.14. The molecule has 1 heterocycles. The summed E-state index contributed by atoms with van der Waals surface area (Å²) in [6, 6.07) is 9.57. The van der Waals surface area contributed by atoms with Crippen molar-refractivity contribution in [2.75, 3.05) is 0 Å². The molecule has 2 aromatic rings. The molecule has 2 rings (SSSR count). The third-order valence-electron chi connectivity index (χ3n) is 1.70. The summed E-state index contributed by atoms with van der Waals surface area (Å²) in [5.74, 6) is 3.04. The van der Waals surface area contributed by atoms with Crippen molar-refractivity contribution in [3.63, 3.8) is 0 Å². The van der Waals surface area contributed by atoms with Crippen molar-refractivity contribution in [1.29, 1.82) is 0 Å². The maximum Gasteiger partial charge on any atom is 0.187 e. The van der Waals surface area contributed by atoms with Crippen LogP contribution in [0.3, 0.4) is 0 Å². The summed E-state index contributed by atoms with van der Waals surface area (Å²) in [4.78, 5) is 1.46. The summed E-state index contributed by atoms with van der Waals surface area (Å²) < 4.78 is 0. The Bertz CT molecular complexity index is 452. The van der Waals surface area contributed by atoms with Gasteiger partial charge in [0, 0.05) is 0 Å². The highest BCUT2D eigenvalue weighted by Crippen LogP contribution is 2.02. The monoisotopic (exact) mass is 184 g/mol. The highest BCUT2D eigenvalue weighted by molar-refractivity contribution is 5.28. The molecular formula is C10H8N4.